The SMILES string of the molecule is CC(CCl)CS(=O)(=O)Nc1ccccc1N1CCOCC1. The van der Waals surface area contributed by atoms with Gasteiger partial charge in [-0.05, 0) is 18.1 Å². The lowest BCUT2D eigenvalue weighted by Crippen LogP contribution is -2.37. The third kappa shape index (κ3) is 4.76. The number of hydrogen-bond donors (Lipinski definition) is 1. The average Bonchev–Trinajstić information content (AvgIpc) is 2.47. The van der Waals surface area contributed by atoms with Crippen molar-refractivity contribution in [1.82, 2.24) is 0 Å². The van der Waals surface area contributed by atoms with Crippen molar-refractivity contribution in [1.29, 1.82) is 0 Å². The molecule has 0 bridgehead atoms. The molecule has 1 atom stereocenters. The highest BCUT2D eigenvalue weighted by molar-refractivity contribution is 7.92. The van der Waals surface area contributed by atoms with Crippen LogP contribution in [0.5, 0.6) is 0 Å². The van der Waals surface area contributed by atoms with E-state index in [4.69, 9.17) is 16.3 Å². The van der Waals surface area contributed by atoms with Crippen molar-refractivity contribution >= 4 is 33.0 Å². The molecule has 0 spiro atoms. The Morgan fingerprint density at radius 1 is 1.33 bits per heavy atom. The van der Waals surface area contributed by atoms with Gasteiger partial charge in [-0.2, -0.15) is 0 Å². The molecule has 1 aliphatic heterocycles. The second-order valence-corrected chi connectivity index (χ2v) is 7.34. The summed E-state index contributed by atoms with van der Waals surface area (Å²) in [5, 5.41) is 0. The lowest BCUT2D eigenvalue weighted by molar-refractivity contribution is 0.123. The van der Waals surface area contributed by atoms with Crippen LogP contribution >= 0.6 is 11.6 Å². The van der Waals surface area contributed by atoms with Crippen LogP contribution in [0, 0.1) is 5.92 Å². The minimum absolute atomic E-state index is 0.0218. The fraction of sp³-hybridized carbons (Fsp3) is 0.571. The molecule has 0 amide bonds. The second kappa shape index (κ2) is 7.33. The molecule has 1 N–H and O–H groups in total. The van der Waals surface area contributed by atoms with Crippen LogP contribution in [0.4, 0.5) is 11.4 Å². The number of alkyl halides is 1. The normalized spacial score (nSPS) is 17.5. The highest BCUT2D eigenvalue weighted by Crippen LogP contribution is 2.27. The first-order chi connectivity index (χ1) is 10.0. The Labute approximate surface area is 131 Å². The van der Waals surface area contributed by atoms with Crippen LogP contribution in [-0.4, -0.2) is 46.4 Å². The second-order valence-electron chi connectivity index (χ2n) is 5.26. The van der Waals surface area contributed by atoms with E-state index in [0.29, 0.717) is 24.8 Å². The molecule has 21 heavy (non-hydrogen) atoms. The van der Waals surface area contributed by atoms with E-state index in [2.05, 4.69) is 9.62 Å². The van der Waals surface area contributed by atoms with E-state index in [9.17, 15) is 8.42 Å². The van der Waals surface area contributed by atoms with E-state index in [1.54, 1.807) is 6.07 Å². The Kier molecular flexibility index (Phi) is 5.72. The largest absolute Gasteiger partial charge is 0.378 e. The van der Waals surface area contributed by atoms with Crippen molar-refractivity contribution in [3.63, 3.8) is 0 Å². The standard InChI is InChI=1S/C14H21ClN2O3S/c1-12(10-15)11-21(18,19)16-13-4-2-3-5-14(13)17-6-8-20-9-7-17/h2-5,12,16H,6-11H2,1H3. The number of halogens is 1. The highest BCUT2D eigenvalue weighted by atomic mass is 35.5. The van der Waals surface area contributed by atoms with Gasteiger partial charge in [-0.3, -0.25) is 4.72 Å². The minimum atomic E-state index is -3.40. The van der Waals surface area contributed by atoms with Gasteiger partial charge in [0.05, 0.1) is 30.3 Å². The maximum atomic E-state index is 12.2. The number of nitrogens with zero attached hydrogens (tertiary/aromatic N) is 1. The van der Waals surface area contributed by atoms with Crippen LogP contribution in [0.15, 0.2) is 24.3 Å². The third-order valence-electron chi connectivity index (χ3n) is 3.29. The molecule has 2 rings (SSSR count). The number of ether oxygens (including phenoxy) is 1. The first-order valence-electron chi connectivity index (χ1n) is 7.00. The Bertz CT molecular complexity index is 559. The van der Waals surface area contributed by atoms with Crippen molar-refractivity contribution in [2.24, 2.45) is 5.92 Å². The number of benzene rings is 1. The lowest BCUT2D eigenvalue weighted by atomic mass is 10.2. The highest BCUT2D eigenvalue weighted by Gasteiger charge is 2.19. The summed E-state index contributed by atoms with van der Waals surface area (Å²) < 4.78 is 32.4. The predicted molar refractivity (Wildman–Crippen MR) is 86.8 cm³/mol. The fourth-order valence-electron chi connectivity index (χ4n) is 2.27. The molecule has 1 fully saturated rings. The lowest BCUT2D eigenvalue weighted by Gasteiger charge is -2.30. The van der Waals surface area contributed by atoms with Gasteiger partial charge >= 0.3 is 0 Å². The van der Waals surface area contributed by atoms with Gasteiger partial charge in [0.2, 0.25) is 10.0 Å². The average molecular weight is 333 g/mol. The van der Waals surface area contributed by atoms with Crippen LogP contribution in [0.1, 0.15) is 6.92 Å². The Hall–Kier alpha value is -0.980. The molecule has 1 aliphatic rings. The summed E-state index contributed by atoms with van der Waals surface area (Å²) in [4.78, 5) is 2.13. The predicted octanol–water partition coefficient (Wildman–Crippen LogP) is 2.14. The van der Waals surface area contributed by atoms with Gasteiger partial charge < -0.3 is 9.64 Å². The molecule has 118 valence electrons. The topological polar surface area (TPSA) is 58.6 Å². The van der Waals surface area contributed by atoms with E-state index in [-0.39, 0.29) is 11.7 Å². The van der Waals surface area contributed by atoms with Crippen LogP contribution in [0.3, 0.4) is 0 Å². The van der Waals surface area contributed by atoms with Crippen LogP contribution in [-0.2, 0) is 14.8 Å². The Morgan fingerprint density at radius 2 is 2.00 bits per heavy atom. The van der Waals surface area contributed by atoms with E-state index in [0.717, 1.165) is 18.8 Å². The van der Waals surface area contributed by atoms with E-state index in [1.165, 1.54) is 0 Å². The number of sulfonamides is 1. The molecule has 0 radical (unpaired) electrons. The summed E-state index contributed by atoms with van der Waals surface area (Å²) >= 11 is 5.70. The number of nitrogens with one attached hydrogen (secondary N) is 1. The molecular weight excluding hydrogens is 312 g/mol. The van der Waals surface area contributed by atoms with Crippen molar-refractivity contribution in [2.75, 3.05) is 47.6 Å². The summed E-state index contributed by atoms with van der Waals surface area (Å²) in [6, 6.07) is 7.44. The Balaban J connectivity index is 2.16. The molecule has 0 aliphatic carbocycles. The fourth-order valence-corrected chi connectivity index (χ4v) is 3.96. The zero-order chi connectivity index (χ0) is 15.3. The van der Waals surface area contributed by atoms with Gasteiger partial charge in [0, 0.05) is 19.0 Å². The molecule has 1 saturated heterocycles. The van der Waals surface area contributed by atoms with Gasteiger partial charge in [-0.1, -0.05) is 19.1 Å². The van der Waals surface area contributed by atoms with Crippen LogP contribution < -0.4 is 9.62 Å². The zero-order valence-electron chi connectivity index (χ0n) is 12.1. The van der Waals surface area contributed by atoms with Gasteiger partial charge in [0.25, 0.3) is 0 Å². The third-order valence-corrected chi connectivity index (χ3v) is 5.35. The summed E-state index contributed by atoms with van der Waals surface area (Å²) in [6.07, 6.45) is 0. The molecule has 7 heteroatoms. The molecule has 1 aromatic carbocycles. The van der Waals surface area contributed by atoms with Gasteiger partial charge in [-0.15, -0.1) is 11.6 Å². The van der Waals surface area contributed by atoms with Crippen molar-refractivity contribution in [3.05, 3.63) is 24.3 Å². The van der Waals surface area contributed by atoms with Crippen molar-refractivity contribution < 1.29 is 13.2 Å². The maximum Gasteiger partial charge on any atom is 0.233 e. The number of morpholine rings is 1. The van der Waals surface area contributed by atoms with E-state index < -0.39 is 10.0 Å². The minimum Gasteiger partial charge on any atom is -0.378 e. The monoisotopic (exact) mass is 332 g/mol. The summed E-state index contributed by atoms with van der Waals surface area (Å²) in [5.74, 6) is 0.264. The molecule has 5 nitrogen and oxygen atoms in total. The van der Waals surface area contributed by atoms with Crippen molar-refractivity contribution in [2.45, 2.75) is 6.92 Å². The molecule has 1 heterocycles. The molecule has 0 saturated carbocycles. The maximum absolute atomic E-state index is 12.2. The zero-order valence-corrected chi connectivity index (χ0v) is 13.7. The molecular formula is C14H21ClN2O3S. The first kappa shape index (κ1) is 16.4. The molecule has 0 aromatic heterocycles. The van der Waals surface area contributed by atoms with Gasteiger partial charge in [0.1, 0.15) is 0 Å². The van der Waals surface area contributed by atoms with Crippen LogP contribution in [0.25, 0.3) is 0 Å². The van der Waals surface area contributed by atoms with E-state index >= 15 is 0 Å². The summed E-state index contributed by atoms with van der Waals surface area (Å²) in [7, 11) is -3.40. The molecule has 1 unspecified atom stereocenters. The first-order valence-corrected chi connectivity index (χ1v) is 9.18. The van der Waals surface area contributed by atoms with Gasteiger partial charge in [-0.25, -0.2) is 8.42 Å². The van der Waals surface area contributed by atoms with Gasteiger partial charge in [0.15, 0.2) is 0 Å². The number of hydrogen-bond acceptors (Lipinski definition) is 4. The van der Waals surface area contributed by atoms with E-state index in [1.807, 2.05) is 25.1 Å². The number of para-hydroxylation sites is 2. The number of anilines is 2. The van der Waals surface area contributed by atoms with Crippen LogP contribution in [0.2, 0.25) is 0 Å². The Morgan fingerprint density at radius 3 is 2.67 bits per heavy atom. The molecule has 1 aromatic rings. The smallest absolute Gasteiger partial charge is 0.233 e. The quantitative estimate of drug-likeness (QED) is 0.811. The summed E-state index contributed by atoms with van der Waals surface area (Å²) in [5.41, 5.74) is 1.50. The van der Waals surface area contributed by atoms with Crippen molar-refractivity contribution in [3.8, 4) is 0 Å². The summed E-state index contributed by atoms with van der Waals surface area (Å²) in [6.45, 7) is 4.66. The number of rotatable bonds is 6.